The van der Waals surface area contributed by atoms with Gasteiger partial charge in [-0.3, -0.25) is 14.0 Å². The summed E-state index contributed by atoms with van der Waals surface area (Å²) in [6.45, 7) is 11.7. The Hall–Kier alpha value is -3.46. The molecule has 0 aliphatic carbocycles. The van der Waals surface area contributed by atoms with E-state index >= 15 is 0 Å². The lowest BCUT2D eigenvalue weighted by molar-refractivity contribution is -0.139. The third-order valence-corrected chi connectivity index (χ3v) is 7.18. The predicted octanol–water partition coefficient (Wildman–Crippen LogP) is 2.69. The van der Waals surface area contributed by atoms with E-state index in [-0.39, 0.29) is 12.2 Å². The molecule has 0 fully saturated rings. The van der Waals surface area contributed by atoms with E-state index in [0.29, 0.717) is 20.6 Å². The zero-order valence-electron chi connectivity index (χ0n) is 21.0. The van der Waals surface area contributed by atoms with Crippen molar-refractivity contribution in [3.8, 4) is 0 Å². The average Bonchev–Trinajstić information content (AvgIpc) is 3.31. The Morgan fingerprint density at radius 2 is 1.86 bits per heavy atom. The Labute approximate surface area is 208 Å². The van der Waals surface area contributed by atoms with Crippen molar-refractivity contribution in [3.05, 3.63) is 78.2 Å². The second-order valence-electron chi connectivity index (χ2n) is 8.41. The van der Waals surface area contributed by atoms with E-state index in [1.165, 1.54) is 11.3 Å². The first kappa shape index (κ1) is 24.7. The van der Waals surface area contributed by atoms with Crippen molar-refractivity contribution in [1.82, 2.24) is 14.3 Å². The van der Waals surface area contributed by atoms with Crippen LogP contribution in [0.4, 0.5) is 5.69 Å². The van der Waals surface area contributed by atoms with Crippen LogP contribution >= 0.6 is 11.3 Å². The molecule has 0 N–H and O–H groups in total. The summed E-state index contributed by atoms with van der Waals surface area (Å²) in [7, 11) is 1.85. The number of aryl methyl sites for hydroxylation is 2. The summed E-state index contributed by atoms with van der Waals surface area (Å²) < 4.78 is 9.27. The van der Waals surface area contributed by atoms with Gasteiger partial charge in [-0.1, -0.05) is 23.5 Å². The first-order chi connectivity index (χ1) is 16.8. The molecule has 0 radical (unpaired) electrons. The number of carbonyl (C=O) groups is 1. The highest BCUT2D eigenvalue weighted by Gasteiger charge is 2.33. The third-order valence-electron chi connectivity index (χ3n) is 6.19. The van der Waals surface area contributed by atoms with Gasteiger partial charge in [-0.25, -0.2) is 9.79 Å². The van der Waals surface area contributed by atoms with Gasteiger partial charge >= 0.3 is 5.97 Å². The molecule has 4 rings (SSSR count). The van der Waals surface area contributed by atoms with E-state index in [4.69, 9.17) is 4.74 Å². The quantitative estimate of drug-likeness (QED) is 0.473. The SMILES string of the molecule is CCOC(=O)C1=C(C)N=c2s/c(=C/c3cn(C)nc3C)c(=O)n2[C@@H]1c1ccc(N(CC)CC)cc1. The van der Waals surface area contributed by atoms with Crippen LogP contribution in [0.1, 0.15) is 50.6 Å². The van der Waals surface area contributed by atoms with Gasteiger partial charge in [-0.15, -0.1) is 0 Å². The lowest BCUT2D eigenvalue weighted by atomic mass is 9.95. The summed E-state index contributed by atoms with van der Waals surface area (Å²) in [5, 5.41) is 4.37. The van der Waals surface area contributed by atoms with Crippen molar-refractivity contribution in [1.29, 1.82) is 0 Å². The van der Waals surface area contributed by atoms with E-state index in [1.807, 2.05) is 50.5 Å². The molecule has 3 heterocycles. The second-order valence-corrected chi connectivity index (χ2v) is 9.42. The van der Waals surface area contributed by atoms with Crippen molar-refractivity contribution < 1.29 is 9.53 Å². The molecule has 0 amide bonds. The van der Waals surface area contributed by atoms with Crippen LogP contribution in [-0.2, 0) is 16.6 Å². The Morgan fingerprint density at radius 1 is 1.17 bits per heavy atom. The van der Waals surface area contributed by atoms with Crippen molar-refractivity contribution >= 4 is 29.1 Å². The molecule has 3 aromatic rings. The van der Waals surface area contributed by atoms with Crippen LogP contribution in [0.5, 0.6) is 0 Å². The second kappa shape index (κ2) is 10.0. The topological polar surface area (TPSA) is 81.7 Å². The highest BCUT2D eigenvalue weighted by atomic mass is 32.1. The van der Waals surface area contributed by atoms with E-state index < -0.39 is 12.0 Å². The fourth-order valence-corrected chi connectivity index (χ4v) is 5.50. The molecule has 1 atom stereocenters. The van der Waals surface area contributed by atoms with Gasteiger partial charge in [-0.05, 0) is 58.4 Å². The van der Waals surface area contributed by atoms with Gasteiger partial charge in [0.05, 0.1) is 34.1 Å². The van der Waals surface area contributed by atoms with Gasteiger partial charge in [0.2, 0.25) is 0 Å². The first-order valence-electron chi connectivity index (χ1n) is 11.8. The fraction of sp³-hybridized carbons (Fsp3) is 0.385. The highest BCUT2D eigenvalue weighted by molar-refractivity contribution is 7.07. The Bertz CT molecular complexity index is 1460. The summed E-state index contributed by atoms with van der Waals surface area (Å²) in [5.41, 5.74) is 4.40. The number of benzene rings is 1. The van der Waals surface area contributed by atoms with Crippen LogP contribution in [0.25, 0.3) is 6.08 Å². The van der Waals surface area contributed by atoms with Gasteiger partial charge in [-0.2, -0.15) is 5.10 Å². The number of hydrogen-bond donors (Lipinski definition) is 0. The van der Waals surface area contributed by atoms with Crippen LogP contribution in [0.2, 0.25) is 0 Å². The molecule has 35 heavy (non-hydrogen) atoms. The third kappa shape index (κ3) is 4.60. The monoisotopic (exact) mass is 493 g/mol. The Balaban J connectivity index is 1.91. The summed E-state index contributed by atoms with van der Waals surface area (Å²) in [4.78, 5) is 34.2. The standard InChI is InChI=1S/C26H31N5O3S/c1-7-30(8-2)20-12-10-18(11-13-20)23-22(25(33)34-9-3)17(5)27-26-31(23)24(32)21(35-26)14-19-15-29(6)28-16(19)4/h10-15,23H,7-9H2,1-6H3/b21-14+/t23-/m1/s1. The molecule has 184 valence electrons. The number of esters is 1. The predicted molar refractivity (Wildman–Crippen MR) is 138 cm³/mol. The fourth-order valence-electron chi connectivity index (χ4n) is 4.46. The summed E-state index contributed by atoms with van der Waals surface area (Å²) in [5.74, 6) is -0.455. The minimum Gasteiger partial charge on any atom is -0.463 e. The van der Waals surface area contributed by atoms with E-state index in [1.54, 1.807) is 23.1 Å². The number of ether oxygens (including phenoxy) is 1. The lowest BCUT2D eigenvalue weighted by Gasteiger charge is -2.26. The van der Waals surface area contributed by atoms with Crippen LogP contribution < -0.4 is 19.8 Å². The smallest absolute Gasteiger partial charge is 0.338 e. The molecule has 0 spiro atoms. The minimum atomic E-state index is -0.617. The van der Waals surface area contributed by atoms with Crippen LogP contribution in [0.3, 0.4) is 0 Å². The van der Waals surface area contributed by atoms with E-state index in [2.05, 4.69) is 28.8 Å². The zero-order chi connectivity index (χ0) is 25.3. The summed E-state index contributed by atoms with van der Waals surface area (Å²) >= 11 is 1.32. The summed E-state index contributed by atoms with van der Waals surface area (Å²) in [6, 6.07) is 7.43. The normalized spacial score (nSPS) is 15.7. The van der Waals surface area contributed by atoms with Gasteiger partial charge in [0.1, 0.15) is 0 Å². The minimum absolute atomic E-state index is 0.191. The number of fused-ring (bicyclic) bond motifs is 1. The molecule has 2 aromatic heterocycles. The number of anilines is 1. The lowest BCUT2D eigenvalue weighted by Crippen LogP contribution is -2.40. The van der Waals surface area contributed by atoms with Crippen molar-refractivity contribution in [3.63, 3.8) is 0 Å². The molecular formula is C26H31N5O3S. The Kier molecular flexibility index (Phi) is 7.07. The Morgan fingerprint density at radius 3 is 2.43 bits per heavy atom. The van der Waals surface area contributed by atoms with Gasteiger partial charge < -0.3 is 9.64 Å². The molecular weight excluding hydrogens is 462 g/mol. The van der Waals surface area contributed by atoms with E-state index in [9.17, 15) is 9.59 Å². The number of carbonyl (C=O) groups excluding carboxylic acids is 1. The van der Waals surface area contributed by atoms with Crippen molar-refractivity contribution in [2.75, 3.05) is 24.6 Å². The number of thiazole rings is 1. The van der Waals surface area contributed by atoms with Crippen LogP contribution in [0.15, 0.2) is 51.5 Å². The van der Waals surface area contributed by atoms with Crippen LogP contribution in [-0.4, -0.2) is 40.0 Å². The largest absolute Gasteiger partial charge is 0.463 e. The van der Waals surface area contributed by atoms with Crippen molar-refractivity contribution in [2.24, 2.45) is 12.0 Å². The first-order valence-corrected chi connectivity index (χ1v) is 12.6. The van der Waals surface area contributed by atoms with Crippen molar-refractivity contribution in [2.45, 2.75) is 40.7 Å². The zero-order valence-corrected chi connectivity index (χ0v) is 21.8. The maximum absolute atomic E-state index is 13.7. The number of rotatable bonds is 7. The number of hydrogen-bond acceptors (Lipinski definition) is 7. The van der Waals surface area contributed by atoms with Crippen LogP contribution in [0, 0.1) is 6.92 Å². The van der Waals surface area contributed by atoms with Gasteiger partial charge in [0, 0.05) is 37.6 Å². The summed E-state index contributed by atoms with van der Waals surface area (Å²) in [6.07, 6.45) is 3.72. The molecule has 0 saturated heterocycles. The molecule has 9 heteroatoms. The number of allylic oxidation sites excluding steroid dienone is 1. The molecule has 0 saturated carbocycles. The van der Waals surface area contributed by atoms with E-state index in [0.717, 1.165) is 35.6 Å². The molecule has 0 unspecified atom stereocenters. The number of nitrogens with zero attached hydrogens (tertiary/aromatic N) is 5. The molecule has 0 bridgehead atoms. The molecule has 8 nitrogen and oxygen atoms in total. The average molecular weight is 494 g/mol. The van der Waals surface area contributed by atoms with Gasteiger partial charge in [0.15, 0.2) is 4.80 Å². The highest BCUT2D eigenvalue weighted by Crippen LogP contribution is 2.31. The maximum Gasteiger partial charge on any atom is 0.338 e. The number of aromatic nitrogens is 3. The molecule has 1 aliphatic heterocycles. The molecule has 1 aromatic carbocycles. The maximum atomic E-state index is 13.7. The molecule has 1 aliphatic rings. The van der Waals surface area contributed by atoms with Gasteiger partial charge in [0.25, 0.3) is 5.56 Å².